The lowest BCUT2D eigenvalue weighted by Gasteiger charge is -2.36. The van der Waals surface area contributed by atoms with E-state index in [1.165, 1.54) is 54.1 Å². The molecule has 0 heterocycles. The first-order valence-electron chi connectivity index (χ1n) is 19.3. The quantitative estimate of drug-likeness (QED) is 0.1000. The normalized spacial score (nSPS) is 11.2. The molecule has 0 amide bonds. The monoisotopic (exact) mass is 731 g/mol. The molecule has 0 saturated heterocycles. The molecule has 0 aromatic heterocycles. The Morgan fingerprint density at radius 3 is 1.14 bits per heavy atom. The summed E-state index contributed by atoms with van der Waals surface area (Å²) >= 11 is 0. The minimum absolute atomic E-state index is 1.10. The van der Waals surface area contributed by atoms with E-state index < -0.39 is 8.07 Å². The summed E-state index contributed by atoms with van der Waals surface area (Å²) in [7, 11) is -2.79. The van der Waals surface area contributed by atoms with Gasteiger partial charge in [0.25, 0.3) is 0 Å². The molecule has 0 spiro atoms. The first kappa shape index (κ1) is 34.7. The fourth-order valence-electron chi connectivity index (χ4n) is 8.19. The van der Waals surface area contributed by atoms with Gasteiger partial charge in [0.1, 0.15) is 0 Å². The molecule has 9 rings (SSSR count). The predicted molar refractivity (Wildman–Crippen MR) is 241 cm³/mol. The summed E-state index contributed by atoms with van der Waals surface area (Å²) in [6.45, 7) is 0. The molecule has 1 nitrogen and oxygen atoms in total. The Hall–Kier alpha value is -7.00. The van der Waals surface area contributed by atoms with Crippen LogP contribution >= 0.6 is 0 Å². The molecule has 0 N–H and O–H groups in total. The van der Waals surface area contributed by atoms with Gasteiger partial charge in [0, 0.05) is 16.9 Å². The van der Waals surface area contributed by atoms with Crippen LogP contribution in [0.25, 0.3) is 33.4 Å². The average molecular weight is 732 g/mol. The van der Waals surface area contributed by atoms with Crippen molar-refractivity contribution in [2.45, 2.75) is 0 Å². The first-order chi connectivity index (χ1) is 27.8. The van der Waals surface area contributed by atoms with Gasteiger partial charge in [-0.25, -0.2) is 0 Å². The Morgan fingerprint density at radius 1 is 0.250 bits per heavy atom. The first-order valence-corrected chi connectivity index (χ1v) is 21.3. The van der Waals surface area contributed by atoms with Crippen LogP contribution in [0.5, 0.6) is 0 Å². The molecule has 9 aromatic carbocycles. The van der Waals surface area contributed by atoms with Gasteiger partial charge in [0.05, 0.1) is 5.69 Å². The summed E-state index contributed by atoms with van der Waals surface area (Å²) in [5.41, 5.74) is 10.4. The number of hydrogen-bond acceptors (Lipinski definition) is 1. The fourth-order valence-corrected chi connectivity index (χ4v) is 13.0. The second-order valence-electron chi connectivity index (χ2n) is 14.1. The van der Waals surface area contributed by atoms with Crippen molar-refractivity contribution in [1.29, 1.82) is 0 Å². The van der Waals surface area contributed by atoms with Crippen LogP contribution in [-0.4, -0.2) is 8.07 Å². The minimum atomic E-state index is -2.79. The summed E-state index contributed by atoms with van der Waals surface area (Å²) in [6, 6.07) is 90.9. The van der Waals surface area contributed by atoms with E-state index in [-0.39, 0.29) is 0 Å². The molecule has 266 valence electrons. The highest BCUT2D eigenvalue weighted by atomic mass is 28.3. The molecule has 0 radical (unpaired) electrons. The summed E-state index contributed by atoms with van der Waals surface area (Å²) in [6.07, 6.45) is 0. The van der Waals surface area contributed by atoms with Crippen molar-refractivity contribution in [3.8, 4) is 33.4 Å². The van der Waals surface area contributed by atoms with Crippen molar-refractivity contribution in [3.05, 3.63) is 249 Å². The summed E-state index contributed by atoms with van der Waals surface area (Å²) in [5.74, 6) is 0. The minimum Gasteiger partial charge on any atom is -0.310 e. The third kappa shape index (κ3) is 6.68. The molecule has 0 atom stereocenters. The van der Waals surface area contributed by atoms with Crippen molar-refractivity contribution < 1.29 is 0 Å². The molecule has 9 aromatic rings. The second kappa shape index (κ2) is 15.8. The number of nitrogens with zero attached hydrogens (tertiary/aromatic N) is 1. The van der Waals surface area contributed by atoms with E-state index in [0.29, 0.717) is 0 Å². The zero-order valence-corrected chi connectivity index (χ0v) is 32.1. The fraction of sp³-hybridized carbons (Fsp3) is 0. The third-order valence-corrected chi connectivity index (χ3v) is 15.6. The Morgan fingerprint density at radius 2 is 0.643 bits per heavy atom. The molecule has 0 saturated carbocycles. The number of anilines is 3. The smallest absolute Gasteiger partial charge is 0.179 e. The summed E-state index contributed by atoms with van der Waals surface area (Å²) in [5, 5.41) is 5.38. The number of rotatable bonds is 10. The van der Waals surface area contributed by atoms with Crippen molar-refractivity contribution in [1.82, 2.24) is 0 Å². The maximum absolute atomic E-state index is 2.79. The Bertz CT molecular complexity index is 2550. The maximum Gasteiger partial charge on any atom is 0.179 e. The Kier molecular flexibility index (Phi) is 9.78. The second-order valence-corrected chi connectivity index (χ2v) is 17.9. The highest BCUT2D eigenvalue weighted by molar-refractivity contribution is 7.19. The maximum atomic E-state index is 2.46. The average Bonchev–Trinajstić information content (AvgIpc) is 3.29. The van der Waals surface area contributed by atoms with Crippen LogP contribution in [0, 0.1) is 0 Å². The Balaban J connectivity index is 1.30. The van der Waals surface area contributed by atoms with E-state index >= 15 is 0 Å². The Labute approximate surface area is 331 Å². The van der Waals surface area contributed by atoms with Crippen molar-refractivity contribution in [3.63, 3.8) is 0 Å². The molecule has 0 aliphatic heterocycles. The molecule has 0 aliphatic rings. The molecular formula is C54H41NSi. The molecule has 56 heavy (non-hydrogen) atoms. The molecule has 2 heteroatoms. The van der Waals surface area contributed by atoms with Crippen LogP contribution in [0.3, 0.4) is 0 Å². The van der Waals surface area contributed by atoms with E-state index in [1.54, 1.807) is 0 Å². The number of hydrogen-bond donors (Lipinski definition) is 0. The highest BCUT2D eigenvalue weighted by Gasteiger charge is 2.41. The van der Waals surface area contributed by atoms with Gasteiger partial charge in [0.15, 0.2) is 8.07 Å². The lowest BCUT2D eigenvalue weighted by Crippen LogP contribution is -2.74. The van der Waals surface area contributed by atoms with Crippen LogP contribution < -0.4 is 25.6 Å². The van der Waals surface area contributed by atoms with Gasteiger partial charge < -0.3 is 4.90 Å². The highest BCUT2D eigenvalue weighted by Crippen LogP contribution is 2.43. The van der Waals surface area contributed by atoms with E-state index in [0.717, 1.165) is 17.1 Å². The van der Waals surface area contributed by atoms with E-state index in [2.05, 4.69) is 254 Å². The molecule has 0 aliphatic carbocycles. The van der Waals surface area contributed by atoms with E-state index in [4.69, 9.17) is 0 Å². The lowest BCUT2D eigenvalue weighted by molar-refractivity contribution is 1.29. The van der Waals surface area contributed by atoms with Crippen molar-refractivity contribution >= 4 is 45.9 Å². The molecule has 0 unspecified atom stereocenters. The molecular weight excluding hydrogens is 691 g/mol. The summed E-state index contributed by atoms with van der Waals surface area (Å²) in [4.78, 5) is 2.45. The van der Waals surface area contributed by atoms with E-state index in [1.807, 2.05) is 0 Å². The topological polar surface area (TPSA) is 3.24 Å². The van der Waals surface area contributed by atoms with E-state index in [9.17, 15) is 0 Å². The standard InChI is InChI=1S/C54H41NSi/c1-7-20-42(21-8-1)44-34-37-47(38-35-44)55(54-39-36-46(43-22-9-2-10-23-43)40-53(54)45-24-11-3-12-25-45)48-26-19-33-52(41-48)56(49-27-13-4-14-28-49,50-29-15-5-16-30-50)51-31-17-6-18-32-51/h1-41H. The van der Waals surface area contributed by atoms with Crippen molar-refractivity contribution in [2.75, 3.05) is 4.90 Å². The van der Waals surface area contributed by atoms with Crippen LogP contribution in [0.4, 0.5) is 17.1 Å². The van der Waals surface area contributed by atoms with Gasteiger partial charge in [-0.05, 0) is 85.0 Å². The van der Waals surface area contributed by atoms with Gasteiger partial charge in [-0.15, -0.1) is 0 Å². The number of benzene rings is 9. The predicted octanol–water partition coefficient (Wildman–Crippen LogP) is 11.5. The largest absolute Gasteiger partial charge is 0.310 e. The van der Waals surface area contributed by atoms with Crippen LogP contribution in [0.15, 0.2) is 249 Å². The third-order valence-electron chi connectivity index (χ3n) is 10.8. The van der Waals surface area contributed by atoms with Gasteiger partial charge >= 0.3 is 0 Å². The van der Waals surface area contributed by atoms with Gasteiger partial charge in [-0.3, -0.25) is 0 Å². The van der Waals surface area contributed by atoms with Crippen LogP contribution in [0.1, 0.15) is 0 Å². The van der Waals surface area contributed by atoms with Crippen LogP contribution in [0.2, 0.25) is 0 Å². The zero-order valence-electron chi connectivity index (χ0n) is 31.1. The molecule has 0 bridgehead atoms. The zero-order chi connectivity index (χ0) is 37.6. The van der Waals surface area contributed by atoms with Crippen LogP contribution in [-0.2, 0) is 0 Å². The van der Waals surface area contributed by atoms with Crippen molar-refractivity contribution in [2.24, 2.45) is 0 Å². The SMILES string of the molecule is c1ccc(-c2ccc(N(c3cccc([Si](c4ccccc4)(c4ccccc4)c4ccccc4)c3)c3ccc(-c4ccccc4)cc3-c3ccccc3)cc2)cc1. The van der Waals surface area contributed by atoms with Gasteiger partial charge in [-0.2, -0.15) is 0 Å². The molecule has 0 fully saturated rings. The van der Waals surface area contributed by atoms with Gasteiger partial charge in [0.2, 0.25) is 0 Å². The lowest BCUT2D eigenvalue weighted by atomic mass is 9.96. The van der Waals surface area contributed by atoms with Gasteiger partial charge in [-0.1, -0.05) is 212 Å². The summed E-state index contributed by atoms with van der Waals surface area (Å²) < 4.78 is 0.